The maximum absolute atomic E-state index is 12.7. The lowest BCUT2D eigenvalue weighted by Crippen LogP contribution is -2.35. The minimum absolute atomic E-state index is 0.0215. The van der Waals surface area contributed by atoms with Crippen molar-refractivity contribution in [3.8, 4) is 0 Å². The van der Waals surface area contributed by atoms with Crippen LogP contribution in [0, 0.1) is 0 Å². The van der Waals surface area contributed by atoms with Gasteiger partial charge in [-0.15, -0.1) is 0 Å². The number of amides is 1. The first-order valence-corrected chi connectivity index (χ1v) is 10.5. The zero-order valence-corrected chi connectivity index (χ0v) is 14.9. The molecule has 0 aromatic heterocycles. The second kappa shape index (κ2) is 6.10. The van der Waals surface area contributed by atoms with Gasteiger partial charge in [-0.1, -0.05) is 36.6 Å². The Morgan fingerprint density at radius 3 is 2.65 bits per heavy atom. The highest BCUT2D eigenvalue weighted by Crippen LogP contribution is 2.52. The number of benzene rings is 1. The van der Waals surface area contributed by atoms with Crippen LogP contribution in [0.25, 0.3) is 0 Å². The van der Waals surface area contributed by atoms with Crippen LogP contribution in [0.2, 0.25) is 5.02 Å². The van der Waals surface area contributed by atoms with E-state index in [9.17, 15) is 13.2 Å². The Balaban J connectivity index is 1.83. The number of carbonyl (C=O) groups is 1. The summed E-state index contributed by atoms with van der Waals surface area (Å²) in [7, 11) is -3.03. The van der Waals surface area contributed by atoms with Gasteiger partial charge in [-0.3, -0.25) is 4.79 Å². The summed E-state index contributed by atoms with van der Waals surface area (Å²) in [6, 6.07) is 5.88. The van der Waals surface area contributed by atoms with Gasteiger partial charge in [0.25, 0.3) is 0 Å². The molecule has 1 aromatic rings. The molecule has 1 aromatic carbocycles. The van der Waals surface area contributed by atoms with Crippen molar-refractivity contribution in [1.82, 2.24) is 0 Å². The van der Waals surface area contributed by atoms with Crippen molar-refractivity contribution in [3.05, 3.63) is 28.8 Å². The van der Waals surface area contributed by atoms with E-state index in [1.54, 1.807) is 4.90 Å². The summed E-state index contributed by atoms with van der Waals surface area (Å²) in [6.07, 6.45) is 6.35. The SMILES string of the molecule is CS(=O)(=O)CCCC(=O)N1CC2(CCCC2)c2cccc(Cl)c21. The van der Waals surface area contributed by atoms with E-state index >= 15 is 0 Å². The third-order valence-electron chi connectivity index (χ3n) is 5.06. The summed E-state index contributed by atoms with van der Waals surface area (Å²) in [5.74, 6) is 0.0272. The van der Waals surface area contributed by atoms with Crippen molar-refractivity contribution in [2.45, 2.75) is 43.9 Å². The molecule has 0 saturated heterocycles. The van der Waals surface area contributed by atoms with Crippen molar-refractivity contribution in [2.75, 3.05) is 23.5 Å². The first kappa shape index (κ1) is 16.8. The molecule has 126 valence electrons. The predicted molar refractivity (Wildman–Crippen MR) is 92.9 cm³/mol. The topological polar surface area (TPSA) is 54.5 Å². The van der Waals surface area contributed by atoms with Crippen molar-refractivity contribution in [1.29, 1.82) is 0 Å². The Labute approximate surface area is 142 Å². The van der Waals surface area contributed by atoms with Gasteiger partial charge in [0.1, 0.15) is 9.84 Å². The largest absolute Gasteiger partial charge is 0.310 e. The van der Waals surface area contributed by atoms with E-state index in [2.05, 4.69) is 6.07 Å². The predicted octanol–water partition coefficient (Wildman–Crippen LogP) is 3.32. The fourth-order valence-electron chi connectivity index (χ4n) is 4.00. The first-order valence-electron chi connectivity index (χ1n) is 8.10. The molecule has 2 aliphatic rings. The van der Waals surface area contributed by atoms with Gasteiger partial charge in [0.05, 0.1) is 16.5 Å². The highest BCUT2D eigenvalue weighted by atomic mass is 35.5. The smallest absolute Gasteiger partial charge is 0.227 e. The van der Waals surface area contributed by atoms with Crippen molar-refractivity contribution < 1.29 is 13.2 Å². The average molecular weight is 356 g/mol. The molecule has 23 heavy (non-hydrogen) atoms. The van der Waals surface area contributed by atoms with E-state index in [1.165, 1.54) is 24.7 Å². The van der Waals surface area contributed by atoms with Gasteiger partial charge in [0.15, 0.2) is 0 Å². The Morgan fingerprint density at radius 1 is 1.30 bits per heavy atom. The average Bonchev–Trinajstić information content (AvgIpc) is 3.05. The van der Waals surface area contributed by atoms with Crippen LogP contribution in [0.5, 0.6) is 0 Å². The molecule has 0 bridgehead atoms. The third kappa shape index (κ3) is 3.26. The molecule has 1 heterocycles. The van der Waals surface area contributed by atoms with E-state index in [1.807, 2.05) is 12.1 Å². The number of carbonyl (C=O) groups excluding carboxylic acids is 1. The quantitative estimate of drug-likeness (QED) is 0.832. The maximum atomic E-state index is 12.7. The molecule has 1 saturated carbocycles. The molecule has 3 rings (SSSR count). The van der Waals surface area contributed by atoms with E-state index in [-0.39, 0.29) is 23.5 Å². The van der Waals surface area contributed by atoms with Crippen LogP contribution < -0.4 is 4.90 Å². The number of hydrogen-bond donors (Lipinski definition) is 0. The summed E-state index contributed by atoms with van der Waals surface area (Å²) in [5, 5.41) is 0.614. The standard InChI is InChI=1S/C17H22ClNO3S/c1-23(21,22)11-5-8-15(20)19-12-17(9-2-3-10-17)13-6-4-7-14(18)16(13)19/h4,6-7H,2-3,5,8-12H2,1H3. The lowest BCUT2D eigenvalue weighted by atomic mass is 9.81. The van der Waals surface area contributed by atoms with Crippen LogP contribution in [-0.4, -0.2) is 32.9 Å². The number of anilines is 1. The van der Waals surface area contributed by atoms with Gasteiger partial charge in [0, 0.05) is 24.6 Å². The molecular weight excluding hydrogens is 334 g/mol. The van der Waals surface area contributed by atoms with E-state index in [0.717, 1.165) is 18.5 Å². The molecule has 1 aliphatic carbocycles. The van der Waals surface area contributed by atoms with Crippen molar-refractivity contribution in [3.63, 3.8) is 0 Å². The lowest BCUT2D eigenvalue weighted by Gasteiger charge is -2.24. The molecule has 0 unspecified atom stereocenters. The normalized spacial score (nSPS) is 19.3. The molecular formula is C17H22ClNO3S. The number of nitrogens with zero attached hydrogens (tertiary/aromatic N) is 1. The number of halogens is 1. The number of hydrogen-bond acceptors (Lipinski definition) is 3. The molecule has 6 heteroatoms. The molecule has 0 N–H and O–H groups in total. The summed E-state index contributed by atoms with van der Waals surface area (Å²) < 4.78 is 22.5. The summed E-state index contributed by atoms with van der Waals surface area (Å²) in [6.45, 7) is 0.684. The van der Waals surface area contributed by atoms with Crippen molar-refractivity contribution in [2.24, 2.45) is 0 Å². The lowest BCUT2D eigenvalue weighted by molar-refractivity contribution is -0.118. The molecule has 1 fully saturated rings. The monoisotopic (exact) mass is 355 g/mol. The van der Waals surface area contributed by atoms with E-state index < -0.39 is 9.84 Å². The van der Waals surface area contributed by atoms with Crippen LogP contribution in [0.3, 0.4) is 0 Å². The first-order chi connectivity index (χ1) is 10.8. The minimum Gasteiger partial charge on any atom is -0.310 e. The summed E-state index contributed by atoms with van der Waals surface area (Å²) in [4.78, 5) is 14.5. The number of sulfone groups is 1. The van der Waals surface area contributed by atoms with Crippen LogP contribution in [-0.2, 0) is 20.0 Å². The van der Waals surface area contributed by atoms with Gasteiger partial charge in [0.2, 0.25) is 5.91 Å². The fourth-order valence-corrected chi connectivity index (χ4v) is 4.94. The zero-order valence-electron chi connectivity index (χ0n) is 13.3. The molecule has 1 amide bonds. The van der Waals surface area contributed by atoms with Crippen LogP contribution in [0.15, 0.2) is 18.2 Å². The van der Waals surface area contributed by atoms with E-state index in [4.69, 9.17) is 11.6 Å². The molecule has 0 atom stereocenters. The van der Waals surface area contributed by atoms with Crippen molar-refractivity contribution >= 4 is 33.0 Å². The fraction of sp³-hybridized carbons (Fsp3) is 0.588. The van der Waals surface area contributed by atoms with Gasteiger partial charge in [-0.25, -0.2) is 8.42 Å². The van der Waals surface area contributed by atoms with Gasteiger partial charge in [-0.05, 0) is 30.9 Å². The van der Waals surface area contributed by atoms with Gasteiger partial charge in [-0.2, -0.15) is 0 Å². The second-order valence-electron chi connectivity index (χ2n) is 6.84. The Hall–Kier alpha value is -1.07. The summed E-state index contributed by atoms with van der Waals surface area (Å²) in [5.41, 5.74) is 2.09. The Bertz CT molecular complexity index is 723. The minimum atomic E-state index is -3.03. The number of fused-ring (bicyclic) bond motifs is 2. The van der Waals surface area contributed by atoms with Gasteiger partial charge >= 0.3 is 0 Å². The van der Waals surface area contributed by atoms with Crippen LogP contribution >= 0.6 is 11.6 Å². The van der Waals surface area contributed by atoms with Crippen LogP contribution in [0.4, 0.5) is 5.69 Å². The van der Waals surface area contributed by atoms with E-state index in [0.29, 0.717) is 18.0 Å². The Morgan fingerprint density at radius 2 is 2.00 bits per heavy atom. The third-order valence-corrected chi connectivity index (χ3v) is 6.39. The molecule has 0 radical (unpaired) electrons. The maximum Gasteiger partial charge on any atom is 0.227 e. The van der Waals surface area contributed by atoms with Crippen LogP contribution in [0.1, 0.15) is 44.1 Å². The number of para-hydroxylation sites is 1. The zero-order chi connectivity index (χ0) is 16.7. The highest BCUT2D eigenvalue weighted by Gasteiger charge is 2.46. The summed E-state index contributed by atoms with van der Waals surface area (Å²) >= 11 is 6.39. The Kier molecular flexibility index (Phi) is 4.45. The highest BCUT2D eigenvalue weighted by molar-refractivity contribution is 7.90. The molecule has 1 spiro atoms. The number of rotatable bonds is 4. The second-order valence-corrected chi connectivity index (χ2v) is 9.50. The van der Waals surface area contributed by atoms with Gasteiger partial charge < -0.3 is 4.90 Å². The molecule has 1 aliphatic heterocycles. The molecule has 4 nitrogen and oxygen atoms in total.